The van der Waals surface area contributed by atoms with Crippen LogP contribution < -0.4 is 5.32 Å². The number of amides is 1. The maximum atomic E-state index is 12.2. The average Bonchev–Trinajstić information content (AvgIpc) is 3.12. The zero-order chi connectivity index (χ0) is 17.6. The minimum atomic E-state index is -0.0751. The zero-order valence-corrected chi connectivity index (χ0v) is 14.3. The van der Waals surface area contributed by atoms with Crippen molar-refractivity contribution in [3.8, 4) is 11.5 Å². The van der Waals surface area contributed by atoms with Crippen LogP contribution in [0.4, 0.5) is 5.69 Å². The lowest BCUT2D eigenvalue weighted by Gasteiger charge is -2.11. The molecule has 3 rings (SSSR count). The Labute approximate surface area is 146 Å². The van der Waals surface area contributed by atoms with E-state index in [-0.39, 0.29) is 12.3 Å². The van der Waals surface area contributed by atoms with Crippen molar-refractivity contribution >= 4 is 11.6 Å². The third-order valence-electron chi connectivity index (χ3n) is 4.03. The predicted molar refractivity (Wildman–Crippen MR) is 95.0 cm³/mol. The number of aromatic nitrogens is 3. The summed E-state index contributed by atoms with van der Waals surface area (Å²) in [5, 5.41) is 6.86. The molecule has 0 unspecified atom stereocenters. The van der Waals surface area contributed by atoms with Crippen molar-refractivity contribution < 1.29 is 9.32 Å². The molecule has 0 saturated heterocycles. The van der Waals surface area contributed by atoms with Crippen molar-refractivity contribution in [2.24, 2.45) is 0 Å². The first-order valence-corrected chi connectivity index (χ1v) is 8.29. The third-order valence-corrected chi connectivity index (χ3v) is 4.03. The standard InChI is InChI=1S/C19H20N4O2/c1-3-14-7-6-9-15(13(14)2)21-17(24)10-11-18-22-19(23-25-18)16-8-4-5-12-20-16/h4-9,12H,3,10-11H2,1-2H3,(H,21,24). The maximum Gasteiger partial charge on any atom is 0.227 e. The number of aryl methyl sites for hydroxylation is 2. The Balaban J connectivity index is 1.59. The van der Waals surface area contributed by atoms with Gasteiger partial charge in [-0.1, -0.05) is 30.3 Å². The van der Waals surface area contributed by atoms with Gasteiger partial charge in [0.25, 0.3) is 0 Å². The Kier molecular flexibility index (Phi) is 5.18. The highest BCUT2D eigenvalue weighted by Gasteiger charge is 2.12. The number of nitrogens with one attached hydrogen (secondary N) is 1. The lowest BCUT2D eigenvalue weighted by atomic mass is 10.0. The van der Waals surface area contributed by atoms with Crippen LogP contribution in [0.1, 0.15) is 30.4 Å². The lowest BCUT2D eigenvalue weighted by molar-refractivity contribution is -0.116. The molecule has 6 heteroatoms. The monoisotopic (exact) mass is 336 g/mol. The summed E-state index contributed by atoms with van der Waals surface area (Å²) in [5.74, 6) is 0.784. The minimum absolute atomic E-state index is 0.0751. The molecule has 0 aliphatic heterocycles. The first-order valence-electron chi connectivity index (χ1n) is 8.29. The molecule has 0 fully saturated rings. The quantitative estimate of drug-likeness (QED) is 0.744. The van der Waals surface area contributed by atoms with E-state index >= 15 is 0 Å². The summed E-state index contributed by atoms with van der Waals surface area (Å²) in [7, 11) is 0. The molecule has 3 aromatic rings. The normalized spacial score (nSPS) is 10.6. The largest absolute Gasteiger partial charge is 0.339 e. The SMILES string of the molecule is CCc1cccc(NC(=O)CCc2nc(-c3ccccn3)no2)c1C. The molecule has 0 aliphatic rings. The summed E-state index contributed by atoms with van der Waals surface area (Å²) in [6, 6.07) is 11.4. The summed E-state index contributed by atoms with van der Waals surface area (Å²) in [4.78, 5) is 20.7. The Morgan fingerprint density at radius 2 is 2.08 bits per heavy atom. The van der Waals surface area contributed by atoms with E-state index in [4.69, 9.17) is 4.52 Å². The first kappa shape index (κ1) is 16.8. The second kappa shape index (κ2) is 7.70. The molecule has 128 valence electrons. The summed E-state index contributed by atoms with van der Waals surface area (Å²) >= 11 is 0. The number of hydrogen-bond acceptors (Lipinski definition) is 5. The van der Waals surface area contributed by atoms with Crippen LogP contribution in [0, 0.1) is 6.92 Å². The van der Waals surface area contributed by atoms with Gasteiger partial charge < -0.3 is 9.84 Å². The fourth-order valence-corrected chi connectivity index (χ4v) is 2.59. The molecule has 0 aliphatic carbocycles. The van der Waals surface area contributed by atoms with Crippen LogP contribution >= 0.6 is 0 Å². The fourth-order valence-electron chi connectivity index (χ4n) is 2.59. The number of carbonyl (C=O) groups is 1. The maximum absolute atomic E-state index is 12.2. The highest BCUT2D eigenvalue weighted by atomic mass is 16.5. The summed E-state index contributed by atoms with van der Waals surface area (Å²) in [5.41, 5.74) is 3.83. The number of nitrogens with zero attached hydrogens (tertiary/aromatic N) is 3. The van der Waals surface area contributed by atoms with Crippen molar-refractivity contribution in [2.45, 2.75) is 33.1 Å². The van der Waals surface area contributed by atoms with Crippen LogP contribution in [0.3, 0.4) is 0 Å². The minimum Gasteiger partial charge on any atom is -0.339 e. The van der Waals surface area contributed by atoms with Gasteiger partial charge in [0.15, 0.2) is 0 Å². The van der Waals surface area contributed by atoms with Crippen LogP contribution in [0.5, 0.6) is 0 Å². The van der Waals surface area contributed by atoms with Gasteiger partial charge in [0.1, 0.15) is 5.69 Å². The van der Waals surface area contributed by atoms with Crippen LogP contribution in [0.15, 0.2) is 47.1 Å². The van der Waals surface area contributed by atoms with E-state index in [2.05, 4.69) is 33.4 Å². The average molecular weight is 336 g/mol. The topological polar surface area (TPSA) is 80.9 Å². The van der Waals surface area contributed by atoms with E-state index in [1.807, 2.05) is 37.3 Å². The van der Waals surface area contributed by atoms with Gasteiger partial charge in [-0.3, -0.25) is 9.78 Å². The number of pyridine rings is 1. The van der Waals surface area contributed by atoms with Gasteiger partial charge in [-0.2, -0.15) is 4.98 Å². The third kappa shape index (κ3) is 4.09. The molecule has 1 amide bonds. The number of anilines is 1. The molecule has 0 atom stereocenters. The summed E-state index contributed by atoms with van der Waals surface area (Å²) < 4.78 is 5.20. The van der Waals surface area contributed by atoms with Gasteiger partial charge >= 0.3 is 0 Å². The van der Waals surface area contributed by atoms with Crippen LogP contribution in [-0.4, -0.2) is 21.0 Å². The van der Waals surface area contributed by atoms with Gasteiger partial charge in [-0.25, -0.2) is 0 Å². The molecule has 1 N–H and O–H groups in total. The first-order chi connectivity index (χ1) is 12.2. The highest BCUT2D eigenvalue weighted by molar-refractivity contribution is 5.91. The van der Waals surface area contributed by atoms with E-state index in [0.29, 0.717) is 23.8 Å². The van der Waals surface area contributed by atoms with Crippen molar-refractivity contribution in [2.75, 3.05) is 5.32 Å². The number of hydrogen-bond donors (Lipinski definition) is 1. The van der Waals surface area contributed by atoms with Gasteiger partial charge in [-0.15, -0.1) is 0 Å². The van der Waals surface area contributed by atoms with Crippen molar-refractivity contribution in [1.29, 1.82) is 0 Å². The molecular weight excluding hydrogens is 316 g/mol. The molecule has 25 heavy (non-hydrogen) atoms. The second-order valence-corrected chi connectivity index (χ2v) is 5.72. The Hall–Kier alpha value is -3.02. The Bertz CT molecular complexity index is 859. The number of carbonyl (C=O) groups excluding carboxylic acids is 1. The van der Waals surface area contributed by atoms with Crippen LogP contribution in [0.2, 0.25) is 0 Å². The van der Waals surface area contributed by atoms with E-state index < -0.39 is 0 Å². The van der Waals surface area contributed by atoms with Crippen molar-refractivity contribution in [3.63, 3.8) is 0 Å². The Morgan fingerprint density at radius 3 is 2.84 bits per heavy atom. The second-order valence-electron chi connectivity index (χ2n) is 5.72. The van der Waals surface area contributed by atoms with E-state index in [0.717, 1.165) is 17.7 Å². The predicted octanol–water partition coefficient (Wildman–Crippen LogP) is 3.57. The van der Waals surface area contributed by atoms with Gasteiger partial charge in [0.2, 0.25) is 17.6 Å². The lowest BCUT2D eigenvalue weighted by Crippen LogP contribution is -2.13. The van der Waals surface area contributed by atoms with Crippen molar-refractivity contribution in [1.82, 2.24) is 15.1 Å². The summed E-state index contributed by atoms with van der Waals surface area (Å²) in [6.45, 7) is 4.12. The molecular formula is C19H20N4O2. The fraction of sp³-hybridized carbons (Fsp3) is 0.263. The van der Waals surface area contributed by atoms with E-state index in [1.54, 1.807) is 6.20 Å². The van der Waals surface area contributed by atoms with Crippen LogP contribution in [0.25, 0.3) is 11.5 Å². The van der Waals surface area contributed by atoms with Crippen molar-refractivity contribution in [3.05, 3.63) is 59.6 Å². The molecule has 2 heterocycles. The zero-order valence-electron chi connectivity index (χ0n) is 14.3. The summed E-state index contributed by atoms with van der Waals surface area (Å²) in [6.07, 6.45) is 3.28. The van der Waals surface area contributed by atoms with E-state index in [9.17, 15) is 4.79 Å². The Morgan fingerprint density at radius 1 is 1.20 bits per heavy atom. The molecule has 0 saturated carbocycles. The molecule has 6 nitrogen and oxygen atoms in total. The highest BCUT2D eigenvalue weighted by Crippen LogP contribution is 2.20. The number of rotatable bonds is 6. The van der Waals surface area contributed by atoms with Gasteiger partial charge in [-0.05, 0) is 42.7 Å². The smallest absolute Gasteiger partial charge is 0.227 e. The number of benzene rings is 1. The molecule has 0 bridgehead atoms. The molecule has 0 radical (unpaired) electrons. The van der Waals surface area contributed by atoms with Crippen LogP contribution in [-0.2, 0) is 17.6 Å². The molecule has 1 aromatic carbocycles. The van der Waals surface area contributed by atoms with Gasteiger partial charge in [0.05, 0.1) is 0 Å². The molecule has 0 spiro atoms. The van der Waals surface area contributed by atoms with Gasteiger partial charge in [0, 0.05) is 24.7 Å². The van der Waals surface area contributed by atoms with E-state index in [1.165, 1.54) is 5.56 Å². The molecule has 2 aromatic heterocycles.